The quantitative estimate of drug-likeness (QED) is 0.676. The van der Waals surface area contributed by atoms with Gasteiger partial charge in [-0.25, -0.2) is 0 Å². The predicted molar refractivity (Wildman–Crippen MR) is 54.0 cm³/mol. The topological polar surface area (TPSA) is 22.1 Å². The molecule has 3 rings (SSSR count). The van der Waals surface area contributed by atoms with Gasteiger partial charge in [-0.2, -0.15) is 0 Å². The highest BCUT2D eigenvalue weighted by atomic mass is 16.5. The van der Waals surface area contributed by atoms with Crippen molar-refractivity contribution in [1.82, 2.24) is 4.98 Å². The van der Waals surface area contributed by atoms with Gasteiger partial charge in [-0.3, -0.25) is 4.98 Å². The summed E-state index contributed by atoms with van der Waals surface area (Å²) in [6.45, 7) is 2.30. The third kappa shape index (κ3) is 1.17. The maximum Gasteiger partial charge on any atom is 0.0652 e. The zero-order chi connectivity index (χ0) is 9.54. The number of hydrogen-bond acceptors (Lipinski definition) is 2. The van der Waals surface area contributed by atoms with Crippen molar-refractivity contribution in [2.45, 2.75) is 37.9 Å². The Morgan fingerprint density at radius 1 is 1.21 bits per heavy atom. The smallest absolute Gasteiger partial charge is 0.0652 e. The van der Waals surface area contributed by atoms with Crippen LogP contribution in [-0.4, -0.2) is 17.2 Å². The van der Waals surface area contributed by atoms with Crippen LogP contribution in [-0.2, 0) is 4.74 Å². The Balaban J connectivity index is 1.84. The van der Waals surface area contributed by atoms with Gasteiger partial charge < -0.3 is 4.74 Å². The predicted octanol–water partition coefficient (Wildman–Crippen LogP) is 2.36. The minimum atomic E-state index is 0.470. The molecule has 2 nitrogen and oxygen atoms in total. The van der Waals surface area contributed by atoms with Gasteiger partial charge >= 0.3 is 0 Å². The van der Waals surface area contributed by atoms with Gasteiger partial charge in [0.15, 0.2) is 0 Å². The van der Waals surface area contributed by atoms with E-state index < -0.39 is 0 Å². The van der Waals surface area contributed by atoms with Crippen LogP contribution in [0.3, 0.4) is 0 Å². The van der Waals surface area contributed by atoms with Gasteiger partial charge in [0.05, 0.1) is 12.2 Å². The lowest BCUT2D eigenvalue weighted by molar-refractivity contribution is 0.0919. The summed E-state index contributed by atoms with van der Waals surface area (Å²) >= 11 is 0. The Labute approximate surface area is 84.3 Å². The average Bonchev–Trinajstić information content (AvgIpc) is 2.77. The van der Waals surface area contributed by atoms with Crippen molar-refractivity contribution >= 4 is 0 Å². The first-order valence-electron chi connectivity index (χ1n) is 5.40. The van der Waals surface area contributed by atoms with Gasteiger partial charge in [0, 0.05) is 18.3 Å². The molecule has 2 aliphatic heterocycles. The van der Waals surface area contributed by atoms with E-state index in [2.05, 4.69) is 24.0 Å². The second-order valence-corrected chi connectivity index (χ2v) is 4.55. The molecular weight excluding hydrogens is 174 g/mol. The molecule has 0 aliphatic carbocycles. The second-order valence-electron chi connectivity index (χ2n) is 4.55. The molecule has 2 heteroatoms. The maximum absolute atomic E-state index is 5.93. The molecule has 2 fully saturated rings. The molecule has 0 N–H and O–H groups in total. The number of rotatable bonds is 1. The molecule has 1 aromatic heterocycles. The Kier molecular flexibility index (Phi) is 1.84. The summed E-state index contributed by atoms with van der Waals surface area (Å²) < 4.78 is 5.93. The summed E-state index contributed by atoms with van der Waals surface area (Å²) in [5.74, 6) is 1.39. The average molecular weight is 189 g/mol. The van der Waals surface area contributed by atoms with Crippen molar-refractivity contribution in [1.29, 1.82) is 0 Å². The lowest BCUT2D eigenvalue weighted by Gasteiger charge is -2.22. The molecule has 3 heterocycles. The van der Waals surface area contributed by atoms with Gasteiger partial charge in [0.2, 0.25) is 0 Å². The SMILES string of the molecule is CC1CC2OC1CC2c1ccncc1. The van der Waals surface area contributed by atoms with Gasteiger partial charge in [-0.05, 0) is 36.5 Å². The molecular formula is C12H15NO. The van der Waals surface area contributed by atoms with E-state index in [0.717, 1.165) is 5.92 Å². The van der Waals surface area contributed by atoms with Crippen molar-refractivity contribution in [3.63, 3.8) is 0 Å². The van der Waals surface area contributed by atoms with Crippen LogP contribution in [0.5, 0.6) is 0 Å². The van der Waals surface area contributed by atoms with Crippen molar-refractivity contribution in [3.05, 3.63) is 30.1 Å². The van der Waals surface area contributed by atoms with Crippen molar-refractivity contribution < 1.29 is 4.74 Å². The summed E-state index contributed by atoms with van der Waals surface area (Å²) in [5, 5.41) is 0. The number of hydrogen-bond donors (Lipinski definition) is 0. The third-order valence-corrected chi connectivity index (χ3v) is 3.66. The molecule has 2 bridgehead atoms. The largest absolute Gasteiger partial charge is 0.374 e. The van der Waals surface area contributed by atoms with E-state index in [0.29, 0.717) is 18.1 Å². The monoisotopic (exact) mass is 189 g/mol. The molecule has 0 saturated carbocycles. The fourth-order valence-corrected chi connectivity index (χ4v) is 2.84. The third-order valence-electron chi connectivity index (χ3n) is 3.66. The zero-order valence-electron chi connectivity index (χ0n) is 8.39. The molecule has 2 aliphatic rings. The molecule has 14 heavy (non-hydrogen) atoms. The summed E-state index contributed by atoms with van der Waals surface area (Å²) in [6, 6.07) is 4.25. The zero-order valence-corrected chi connectivity index (χ0v) is 8.39. The Morgan fingerprint density at radius 2 is 2.00 bits per heavy atom. The summed E-state index contributed by atoms with van der Waals surface area (Å²) in [4.78, 5) is 4.05. The minimum Gasteiger partial charge on any atom is -0.374 e. The molecule has 0 spiro atoms. The minimum absolute atomic E-state index is 0.470. The van der Waals surface area contributed by atoms with Crippen LogP contribution in [0, 0.1) is 5.92 Å². The van der Waals surface area contributed by atoms with Crippen molar-refractivity contribution in [2.75, 3.05) is 0 Å². The maximum atomic E-state index is 5.93. The normalized spacial score (nSPS) is 40.4. The lowest BCUT2D eigenvalue weighted by Crippen LogP contribution is -2.19. The van der Waals surface area contributed by atoms with Gasteiger partial charge in [-0.15, -0.1) is 0 Å². The molecule has 74 valence electrons. The molecule has 4 atom stereocenters. The second kappa shape index (κ2) is 3.06. The van der Waals surface area contributed by atoms with E-state index in [1.54, 1.807) is 0 Å². The first-order valence-corrected chi connectivity index (χ1v) is 5.40. The highest BCUT2D eigenvalue weighted by molar-refractivity contribution is 5.21. The first-order chi connectivity index (χ1) is 6.84. The Morgan fingerprint density at radius 3 is 2.57 bits per heavy atom. The van der Waals surface area contributed by atoms with E-state index in [-0.39, 0.29) is 0 Å². The highest BCUT2D eigenvalue weighted by Gasteiger charge is 2.45. The molecule has 0 radical (unpaired) electrons. The van der Waals surface area contributed by atoms with E-state index >= 15 is 0 Å². The fourth-order valence-electron chi connectivity index (χ4n) is 2.84. The van der Waals surface area contributed by atoms with Crippen LogP contribution in [0.2, 0.25) is 0 Å². The molecule has 0 amide bonds. The number of pyridine rings is 1. The van der Waals surface area contributed by atoms with Gasteiger partial charge in [0.1, 0.15) is 0 Å². The van der Waals surface area contributed by atoms with E-state index in [1.807, 2.05) is 12.4 Å². The summed E-state index contributed by atoms with van der Waals surface area (Å²) in [6.07, 6.45) is 7.18. The van der Waals surface area contributed by atoms with Crippen LogP contribution < -0.4 is 0 Å². The molecule has 2 saturated heterocycles. The first kappa shape index (κ1) is 8.42. The Hall–Kier alpha value is -0.890. The van der Waals surface area contributed by atoms with Gasteiger partial charge in [-0.1, -0.05) is 6.92 Å². The summed E-state index contributed by atoms with van der Waals surface area (Å²) in [5.41, 5.74) is 1.40. The summed E-state index contributed by atoms with van der Waals surface area (Å²) in [7, 11) is 0. The lowest BCUT2D eigenvalue weighted by atomic mass is 9.80. The van der Waals surface area contributed by atoms with Crippen LogP contribution >= 0.6 is 0 Å². The van der Waals surface area contributed by atoms with Crippen LogP contribution in [0.25, 0.3) is 0 Å². The van der Waals surface area contributed by atoms with Crippen molar-refractivity contribution in [3.8, 4) is 0 Å². The van der Waals surface area contributed by atoms with Crippen LogP contribution in [0.1, 0.15) is 31.2 Å². The fraction of sp³-hybridized carbons (Fsp3) is 0.583. The van der Waals surface area contributed by atoms with E-state index in [1.165, 1.54) is 18.4 Å². The standard InChI is InChI=1S/C12H15NO/c1-8-6-12-10(7-11(8)14-12)9-2-4-13-5-3-9/h2-5,8,10-12H,6-7H2,1H3. The highest BCUT2D eigenvalue weighted by Crippen LogP contribution is 2.46. The van der Waals surface area contributed by atoms with E-state index in [9.17, 15) is 0 Å². The van der Waals surface area contributed by atoms with Crippen LogP contribution in [0.15, 0.2) is 24.5 Å². The van der Waals surface area contributed by atoms with Crippen LogP contribution in [0.4, 0.5) is 0 Å². The number of fused-ring (bicyclic) bond motifs is 2. The van der Waals surface area contributed by atoms with E-state index in [4.69, 9.17) is 4.74 Å². The molecule has 4 unspecified atom stereocenters. The Bertz CT molecular complexity index is 322. The number of nitrogens with zero attached hydrogens (tertiary/aromatic N) is 1. The number of ether oxygens (including phenoxy) is 1. The van der Waals surface area contributed by atoms with Crippen molar-refractivity contribution in [2.24, 2.45) is 5.92 Å². The molecule has 1 aromatic rings. The van der Waals surface area contributed by atoms with Gasteiger partial charge in [0.25, 0.3) is 0 Å². The number of aromatic nitrogens is 1. The molecule has 0 aromatic carbocycles.